The van der Waals surface area contributed by atoms with E-state index in [4.69, 9.17) is 0 Å². The quantitative estimate of drug-likeness (QED) is 0.359. The van der Waals surface area contributed by atoms with E-state index in [1.165, 1.54) is 5.56 Å². The molecule has 0 atom stereocenters. The van der Waals surface area contributed by atoms with Gasteiger partial charge in [0, 0.05) is 25.8 Å². The summed E-state index contributed by atoms with van der Waals surface area (Å²) in [6.45, 7) is 2.02. The second kappa shape index (κ2) is 12.3. The molecule has 1 rings (SSSR count). The fraction of sp³-hybridized carbons (Fsp3) is 0.111. The molecule has 12 heavy (non-hydrogen) atoms. The molecular formula is C9H10I2In-2. The molecule has 3 heteroatoms. The molecule has 0 aliphatic carbocycles. The van der Waals surface area contributed by atoms with Crippen molar-refractivity contribution >= 4 is 31.9 Å². The van der Waals surface area contributed by atoms with Crippen LogP contribution in [-0.2, 0) is 0 Å². The maximum atomic E-state index is 2.08. The zero-order chi connectivity index (χ0) is 6.53. The third-order valence-electron chi connectivity index (χ3n) is 1.16. The van der Waals surface area contributed by atoms with Crippen LogP contribution in [0.4, 0.5) is 0 Å². The van der Waals surface area contributed by atoms with Crippen molar-refractivity contribution in [3.05, 3.63) is 42.0 Å². The van der Waals surface area contributed by atoms with Crippen LogP contribution in [0.25, 0.3) is 6.08 Å². The van der Waals surface area contributed by atoms with Gasteiger partial charge in [-0.15, -0.1) is 0 Å². The van der Waals surface area contributed by atoms with Gasteiger partial charge >= 0.3 is 0 Å². The molecular weight excluding hydrogens is 477 g/mol. The first-order valence-corrected chi connectivity index (χ1v) is 3.11. The van der Waals surface area contributed by atoms with Crippen LogP contribution in [-0.4, -0.2) is 25.8 Å². The van der Waals surface area contributed by atoms with Gasteiger partial charge < -0.3 is 48.0 Å². The summed E-state index contributed by atoms with van der Waals surface area (Å²) in [6, 6.07) is 10.3. The summed E-state index contributed by atoms with van der Waals surface area (Å²) in [6.07, 6.45) is 4.12. The fourth-order valence-corrected chi connectivity index (χ4v) is 0.757. The fourth-order valence-electron chi connectivity index (χ4n) is 0.757. The van der Waals surface area contributed by atoms with Gasteiger partial charge in [0.25, 0.3) is 0 Å². The van der Waals surface area contributed by atoms with Gasteiger partial charge in [0.1, 0.15) is 0 Å². The van der Waals surface area contributed by atoms with Gasteiger partial charge in [-0.2, -0.15) is 0 Å². The number of rotatable bonds is 1. The number of hydrogen-bond donors (Lipinski definition) is 0. The molecule has 1 aromatic carbocycles. The Balaban J connectivity index is -0.000000270. The summed E-state index contributed by atoms with van der Waals surface area (Å²) in [7, 11) is 0. The van der Waals surface area contributed by atoms with Crippen LogP contribution >= 0.6 is 0 Å². The van der Waals surface area contributed by atoms with Crippen LogP contribution in [0.15, 0.2) is 36.4 Å². The van der Waals surface area contributed by atoms with Crippen molar-refractivity contribution in [2.24, 2.45) is 0 Å². The van der Waals surface area contributed by atoms with Crippen molar-refractivity contribution in [2.75, 3.05) is 0 Å². The van der Waals surface area contributed by atoms with Crippen molar-refractivity contribution in [3.8, 4) is 0 Å². The van der Waals surface area contributed by atoms with E-state index in [2.05, 4.69) is 18.2 Å². The molecule has 0 nitrogen and oxygen atoms in total. The number of benzene rings is 1. The summed E-state index contributed by atoms with van der Waals surface area (Å²) in [5.41, 5.74) is 1.26. The normalized spacial score (nSPS) is 7.75. The first-order chi connectivity index (χ1) is 4.43. The summed E-state index contributed by atoms with van der Waals surface area (Å²) in [4.78, 5) is 0. The van der Waals surface area contributed by atoms with Crippen molar-refractivity contribution in [1.82, 2.24) is 0 Å². The van der Waals surface area contributed by atoms with E-state index in [0.29, 0.717) is 0 Å². The molecule has 0 saturated heterocycles. The van der Waals surface area contributed by atoms with E-state index in [1.54, 1.807) is 0 Å². The zero-order valence-corrected chi connectivity index (χ0v) is 14.5. The van der Waals surface area contributed by atoms with E-state index in [1.807, 2.05) is 31.2 Å². The predicted molar refractivity (Wildman–Crippen MR) is 46.9 cm³/mol. The van der Waals surface area contributed by atoms with E-state index >= 15 is 0 Å². The van der Waals surface area contributed by atoms with Crippen LogP contribution in [0.5, 0.6) is 0 Å². The zero-order valence-electron chi connectivity index (χ0n) is 6.87. The van der Waals surface area contributed by atoms with Gasteiger partial charge in [-0.3, -0.25) is 0 Å². The van der Waals surface area contributed by atoms with Gasteiger partial charge in [-0.25, -0.2) is 0 Å². The van der Waals surface area contributed by atoms with E-state index in [9.17, 15) is 0 Å². The van der Waals surface area contributed by atoms with Gasteiger partial charge in [0.15, 0.2) is 0 Å². The Morgan fingerprint density at radius 1 is 1.00 bits per heavy atom. The average Bonchev–Trinajstić information content (AvgIpc) is 1.91. The standard InChI is InChI=1S/C9H10.2HI.In/c1-2-6-9-7-4-3-5-8-9;;;/h2-8H,1H3;2*1H;/p-2/b6-2+;;;. The molecule has 0 bridgehead atoms. The minimum absolute atomic E-state index is 0. The van der Waals surface area contributed by atoms with E-state index in [0.717, 1.165) is 0 Å². The minimum atomic E-state index is 0. The number of halogens is 2. The maximum absolute atomic E-state index is 2.08. The third kappa shape index (κ3) is 7.91. The molecule has 0 amide bonds. The van der Waals surface area contributed by atoms with Crippen molar-refractivity contribution in [3.63, 3.8) is 0 Å². The average molecular weight is 487 g/mol. The van der Waals surface area contributed by atoms with Crippen molar-refractivity contribution < 1.29 is 48.0 Å². The molecule has 0 N–H and O–H groups in total. The Hall–Kier alpha value is 1.29. The van der Waals surface area contributed by atoms with Crippen LogP contribution in [0.2, 0.25) is 0 Å². The SMILES string of the molecule is C/C=C/c1ccccc1.[I-].[I-].[In]. The first-order valence-electron chi connectivity index (χ1n) is 3.11. The maximum Gasteiger partial charge on any atom is 0 e. The smallest absolute Gasteiger partial charge is 0 e. The van der Waals surface area contributed by atoms with Crippen LogP contribution in [0.3, 0.4) is 0 Å². The van der Waals surface area contributed by atoms with E-state index in [-0.39, 0.29) is 73.8 Å². The second-order valence-corrected chi connectivity index (χ2v) is 1.91. The molecule has 1 aromatic rings. The van der Waals surface area contributed by atoms with Crippen LogP contribution < -0.4 is 48.0 Å². The molecule has 3 radical (unpaired) electrons. The van der Waals surface area contributed by atoms with Gasteiger partial charge in [0.05, 0.1) is 0 Å². The van der Waals surface area contributed by atoms with Gasteiger partial charge in [-0.1, -0.05) is 42.5 Å². The van der Waals surface area contributed by atoms with Crippen LogP contribution in [0, 0.1) is 0 Å². The molecule has 0 aromatic heterocycles. The summed E-state index contributed by atoms with van der Waals surface area (Å²) in [5, 5.41) is 0. The Morgan fingerprint density at radius 3 is 1.92 bits per heavy atom. The summed E-state index contributed by atoms with van der Waals surface area (Å²) in [5.74, 6) is 0. The Labute approximate surface area is 127 Å². The predicted octanol–water partition coefficient (Wildman–Crippen LogP) is -3.65. The molecule has 0 fully saturated rings. The molecule has 0 aliphatic heterocycles. The topological polar surface area (TPSA) is 0 Å². The molecule has 0 saturated carbocycles. The number of allylic oxidation sites excluding steroid dienone is 1. The largest absolute Gasteiger partial charge is 1.00 e. The minimum Gasteiger partial charge on any atom is -1.00 e. The molecule has 0 heterocycles. The van der Waals surface area contributed by atoms with Crippen molar-refractivity contribution in [1.29, 1.82) is 0 Å². The summed E-state index contributed by atoms with van der Waals surface area (Å²) >= 11 is 0. The van der Waals surface area contributed by atoms with Crippen LogP contribution in [0.1, 0.15) is 12.5 Å². The van der Waals surface area contributed by atoms with Crippen molar-refractivity contribution in [2.45, 2.75) is 6.92 Å². The third-order valence-corrected chi connectivity index (χ3v) is 1.16. The second-order valence-electron chi connectivity index (χ2n) is 1.91. The number of hydrogen-bond acceptors (Lipinski definition) is 0. The first kappa shape index (κ1) is 19.0. The monoisotopic (exact) mass is 487 g/mol. The van der Waals surface area contributed by atoms with Gasteiger partial charge in [0.2, 0.25) is 0 Å². The molecule has 0 spiro atoms. The van der Waals surface area contributed by atoms with Gasteiger partial charge in [-0.05, 0) is 12.5 Å². The Kier molecular flexibility index (Phi) is 19.4. The Morgan fingerprint density at radius 2 is 1.50 bits per heavy atom. The molecule has 65 valence electrons. The summed E-state index contributed by atoms with van der Waals surface area (Å²) < 4.78 is 0. The van der Waals surface area contributed by atoms with E-state index < -0.39 is 0 Å². The Bertz CT molecular complexity index is 197. The molecule has 0 aliphatic rings. The molecule has 0 unspecified atom stereocenters.